The van der Waals surface area contributed by atoms with E-state index in [2.05, 4.69) is 41.1 Å². The lowest BCUT2D eigenvalue weighted by Gasteiger charge is -2.36. The summed E-state index contributed by atoms with van der Waals surface area (Å²) in [5.41, 5.74) is 5.73. The zero-order valence-corrected chi connectivity index (χ0v) is 26.5. The maximum absolute atomic E-state index is 14.1. The molecule has 0 unspecified atom stereocenters. The van der Waals surface area contributed by atoms with E-state index in [0.29, 0.717) is 31.0 Å². The molecule has 3 fully saturated rings. The van der Waals surface area contributed by atoms with Crippen LogP contribution in [0.2, 0.25) is 0 Å². The van der Waals surface area contributed by atoms with Crippen LogP contribution in [0.4, 0.5) is 0 Å². The van der Waals surface area contributed by atoms with E-state index < -0.39 is 0 Å². The Bertz CT molecular complexity index is 1610. The molecule has 1 aliphatic carbocycles. The Labute approximate surface area is 270 Å². The fourth-order valence-electron chi connectivity index (χ4n) is 8.22. The summed E-state index contributed by atoms with van der Waals surface area (Å²) in [5.74, 6) is 0.602. The van der Waals surface area contributed by atoms with E-state index in [9.17, 15) is 14.7 Å². The Morgan fingerprint density at radius 3 is 2.52 bits per heavy atom. The van der Waals surface area contributed by atoms with Crippen LogP contribution in [0.15, 0.2) is 82.4 Å². The van der Waals surface area contributed by atoms with E-state index in [1.807, 2.05) is 36.4 Å². The Kier molecular flexibility index (Phi) is 9.02. The third kappa shape index (κ3) is 6.01. The van der Waals surface area contributed by atoms with Crippen LogP contribution >= 0.6 is 0 Å². The molecular formula is C38H43N3O5. The van der Waals surface area contributed by atoms with E-state index in [1.54, 1.807) is 17.2 Å². The van der Waals surface area contributed by atoms with Gasteiger partial charge in [-0.15, -0.1) is 0 Å². The molecule has 0 radical (unpaired) electrons. The number of allylic oxidation sites excluding steroid dienone is 2. The second-order valence-corrected chi connectivity index (χ2v) is 13.1. The molecule has 7 rings (SSSR count). The first kappa shape index (κ1) is 30.8. The van der Waals surface area contributed by atoms with Gasteiger partial charge >= 0.3 is 0 Å². The highest BCUT2D eigenvalue weighted by Crippen LogP contribution is 2.51. The number of carbonyl (C=O) groups excluding carboxylic acids is 2. The van der Waals surface area contributed by atoms with Crippen molar-refractivity contribution in [2.75, 3.05) is 19.7 Å². The molecule has 0 spiro atoms. The highest BCUT2D eigenvalue weighted by atomic mass is 16.5. The third-order valence-electron chi connectivity index (χ3n) is 10.5. The zero-order valence-electron chi connectivity index (χ0n) is 26.5. The number of imide groups is 1. The Balaban J connectivity index is 1.05. The summed E-state index contributed by atoms with van der Waals surface area (Å²) in [6, 6.07) is 20.0. The van der Waals surface area contributed by atoms with Crippen molar-refractivity contribution in [3.05, 3.63) is 101 Å². The number of amides is 2. The average Bonchev–Trinajstić information content (AvgIpc) is 3.80. The minimum absolute atomic E-state index is 0.0185. The van der Waals surface area contributed by atoms with Crippen LogP contribution in [-0.2, 0) is 27.5 Å². The molecule has 46 heavy (non-hydrogen) atoms. The number of ether oxygens (including phenoxy) is 1. The fourth-order valence-corrected chi connectivity index (χ4v) is 8.22. The maximum atomic E-state index is 14.1. The molecule has 5 heterocycles. The molecule has 1 aromatic carbocycles. The predicted molar refractivity (Wildman–Crippen MR) is 175 cm³/mol. The van der Waals surface area contributed by atoms with Gasteiger partial charge in [-0.3, -0.25) is 24.4 Å². The Morgan fingerprint density at radius 2 is 1.80 bits per heavy atom. The van der Waals surface area contributed by atoms with Crippen LogP contribution < -0.4 is 0 Å². The summed E-state index contributed by atoms with van der Waals surface area (Å²) in [6.07, 6.45) is 8.28. The number of hydrogen-bond acceptors (Lipinski definition) is 7. The number of pyridine rings is 1. The predicted octanol–water partition coefficient (Wildman–Crippen LogP) is 5.88. The summed E-state index contributed by atoms with van der Waals surface area (Å²) >= 11 is 0. The summed E-state index contributed by atoms with van der Waals surface area (Å²) in [4.78, 5) is 36.7. The number of likely N-dealkylation sites (tertiary alicyclic amines) is 2. The largest absolute Gasteiger partial charge is 0.459 e. The number of piperidine rings is 1. The molecule has 0 saturated carbocycles. The highest BCUT2D eigenvalue weighted by molar-refractivity contribution is 6.06. The monoisotopic (exact) mass is 621 g/mol. The van der Waals surface area contributed by atoms with Crippen molar-refractivity contribution >= 4 is 23.5 Å². The van der Waals surface area contributed by atoms with E-state index in [-0.39, 0.29) is 48.3 Å². The first-order valence-electron chi connectivity index (χ1n) is 16.8. The van der Waals surface area contributed by atoms with Crippen LogP contribution in [0.1, 0.15) is 68.2 Å². The molecule has 4 atom stereocenters. The number of aromatic nitrogens is 1. The minimum Gasteiger partial charge on any atom is -0.459 e. The summed E-state index contributed by atoms with van der Waals surface area (Å²) in [7, 11) is 0. The summed E-state index contributed by atoms with van der Waals surface area (Å²) < 4.78 is 12.2. The molecule has 8 heteroatoms. The van der Waals surface area contributed by atoms with Gasteiger partial charge in [0, 0.05) is 37.8 Å². The van der Waals surface area contributed by atoms with Crippen LogP contribution in [0.25, 0.3) is 11.6 Å². The second kappa shape index (κ2) is 13.5. The molecule has 240 valence electrons. The topological polar surface area (TPSA) is 96.1 Å². The first-order chi connectivity index (χ1) is 22.5. The van der Waals surface area contributed by atoms with Crippen molar-refractivity contribution in [3.8, 4) is 0 Å². The number of aliphatic hydroxyl groups excluding tert-OH is 1. The van der Waals surface area contributed by atoms with Crippen LogP contribution in [0.5, 0.6) is 0 Å². The number of rotatable bonds is 10. The van der Waals surface area contributed by atoms with Crippen molar-refractivity contribution in [1.29, 1.82) is 0 Å². The smallest absolute Gasteiger partial charge is 0.234 e. The number of nitrogens with zero attached hydrogens (tertiary/aromatic N) is 3. The van der Waals surface area contributed by atoms with E-state index in [4.69, 9.17) is 9.15 Å². The van der Waals surface area contributed by atoms with Gasteiger partial charge in [-0.25, -0.2) is 0 Å². The first-order valence-corrected chi connectivity index (χ1v) is 16.8. The lowest BCUT2D eigenvalue weighted by Crippen LogP contribution is -2.47. The SMILES string of the molecule is CCC1=C2[C@@H](CC/C(=C/c3ccc(CO)o3)c3ccccn3)OC[C@@H]2[C@@H]2C(=O)N(C3CCN(Cc4ccccc4)CC3)C(=O)[C@@H]2C1. The van der Waals surface area contributed by atoms with Crippen LogP contribution in [-0.4, -0.2) is 63.5 Å². The van der Waals surface area contributed by atoms with E-state index >= 15 is 0 Å². The number of carbonyl (C=O) groups is 2. The van der Waals surface area contributed by atoms with Gasteiger partial charge in [-0.05, 0) is 85.6 Å². The fraction of sp³-hybridized carbons (Fsp3) is 0.447. The van der Waals surface area contributed by atoms with Gasteiger partial charge in [0.05, 0.1) is 30.2 Å². The molecule has 1 N–H and O–H groups in total. The number of benzene rings is 1. The van der Waals surface area contributed by atoms with Crippen LogP contribution in [0, 0.1) is 17.8 Å². The Morgan fingerprint density at radius 1 is 1.00 bits per heavy atom. The van der Waals surface area contributed by atoms with E-state index in [0.717, 1.165) is 56.6 Å². The van der Waals surface area contributed by atoms with Gasteiger partial charge in [0.15, 0.2) is 0 Å². The molecule has 3 saturated heterocycles. The van der Waals surface area contributed by atoms with Crippen molar-refractivity contribution in [3.63, 3.8) is 0 Å². The molecule has 2 amide bonds. The van der Waals surface area contributed by atoms with Crippen molar-refractivity contribution in [1.82, 2.24) is 14.8 Å². The number of furan rings is 1. The number of hydrogen-bond donors (Lipinski definition) is 1. The van der Waals surface area contributed by atoms with Gasteiger partial charge in [-0.2, -0.15) is 0 Å². The number of fused-ring (bicyclic) bond motifs is 3. The van der Waals surface area contributed by atoms with Gasteiger partial charge in [0.1, 0.15) is 18.1 Å². The molecule has 8 nitrogen and oxygen atoms in total. The van der Waals surface area contributed by atoms with Crippen molar-refractivity contribution in [2.24, 2.45) is 17.8 Å². The zero-order chi connectivity index (χ0) is 31.6. The van der Waals surface area contributed by atoms with Gasteiger partial charge in [0.2, 0.25) is 11.8 Å². The van der Waals surface area contributed by atoms with Crippen molar-refractivity contribution < 1.29 is 23.8 Å². The highest BCUT2D eigenvalue weighted by Gasteiger charge is 2.58. The molecular weight excluding hydrogens is 578 g/mol. The average molecular weight is 622 g/mol. The number of aliphatic hydroxyl groups is 1. The third-order valence-corrected chi connectivity index (χ3v) is 10.5. The van der Waals surface area contributed by atoms with Crippen molar-refractivity contribution in [2.45, 2.75) is 70.7 Å². The standard InChI is InChI=1S/C38H43N3O5/c1-2-26-21-31-36(38(44)41(37(31)43)28-15-18-40(19-16-28)22-25-8-4-3-5-9-25)32-24-45-34(35(26)32)14-11-27(33-10-6-7-17-39-33)20-29-12-13-30(23-42)46-29/h3-10,12-13,17,20,28,31-32,34,36,42H,2,11,14-16,18-19,21-24H2,1H3/b27-20-/t31-,32+,34-,36-/m1/s1. The summed E-state index contributed by atoms with van der Waals surface area (Å²) in [5, 5.41) is 9.46. The molecule has 2 aromatic heterocycles. The molecule has 4 aliphatic rings. The molecule has 0 bridgehead atoms. The van der Waals surface area contributed by atoms with Crippen LogP contribution in [0.3, 0.4) is 0 Å². The van der Waals surface area contributed by atoms with Gasteiger partial charge in [-0.1, -0.05) is 48.9 Å². The normalized spacial score (nSPS) is 25.8. The second-order valence-electron chi connectivity index (χ2n) is 13.1. The Hall–Kier alpha value is -3.85. The van der Waals surface area contributed by atoms with Gasteiger partial charge < -0.3 is 14.3 Å². The maximum Gasteiger partial charge on any atom is 0.234 e. The lowest BCUT2D eigenvalue weighted by atomic mass is 9.69. The lowest BCUT2D eigenvalue weighted by molar-refractivity contribution is -0.144. The molecule has 3 aromatic rings. The van der Waals surface area contributed by atoms with Gasteiger partial charge in [0.25, 0.3) is 0 Å². The molecule has 3 aliphatic heterocycles. The summed E-state index contributed by atoms with van der Waals surface area (Å²) in [6.45, 7) is 5.16. The van der Waals surface area contributed by atoms with E-state index in [1.165, 1.54) is 16.7 Å². The quantitative estimate of drug-likeness (QED) is 0.223. The minimum atomic E-state index is -0.323.